The molecule has 0 saturated carbocycles. The van der Waals surface area contributed by atoms with Crippen LogP contribution in [0.5, 0.6) is 0 Å². The van der Waals surface area contributed by atoms with E-state index in [1.54, 1.807) is 30.3 Å². The summed E-state index contributed by atoms with van der Waals surface area (Å²) in [5.74, 6) is -0.959. The van der Waals surface area contributed by atoms with Crippen LogP contribution in [-0.2, 0) is 6.42 Å². The first-order valence-corrected chi connectivity index (χ1v) is 7.99. The van der Waals surface area contributed by atoms with Crippen LogP contribution in [0.1, 0.15) is 66.5 Å². The van der Waals surface area contributed by atoms with Gasteiger partial charge in [0, 0.05) is 5.56 Å². The molecule has 0 radical (unpaired) electrons. The highest BCUT2D eigenvalue weighted by atomic mass is 16.4. The van der Waals surface area contributed by atoms with Crippen molar-refractivity contribution in [1.29, 1.82) is 0 Å². The fourth-order valence-corrected chi connectivity index (χ4v) is 2.11. The summed E-state index contributed by atoms with van der Waals surface area (Å²) in [4.78, 5) is 22.7. The first kappa shape index (κ1) is 20.6. The second-order valence-corrected chi connectivity index (χ2v) is 4.35. The number of ketones is 1. The Labute approximate surface area is 139 Å². The van der Waals surface area contributed by atoms with Gasteiger partial charge in [-0.3, -0.25) is 4.79 Å². The van der Waals surface area contributed by atoms with E-state index in [1.807, 2.05) is 45.9 Å². The minimum Gasteiger partial charge on any atom is -0.478 e. The first-order chi connectivity index (χ1) is 11.1. The van der Waals surface area contributed by atoms with E-state index in [0.717, 1.165) is 5.56 Å². The standard InChI is InChI=1S/C16H14O3.2C2H6/c1-11(17)14-8-4-2-6-12(14)10-13-7-3-5-9-15(13)16(18)19;2*1-2/h2-9H,10H2,1H3,(H,18,19);2*1-2H3. The maximum atomic E-state index is 11.6. The van der Waals surface area contributed by atoms with Gasteiger partial charge < -0.3 is 5.11 Å². The largest absolute Gasteiger partial charge is 0.478 e. The van der Waals surface area contributed by atoms with E-state index >= 15 is 0 Å². The molecule has 0 unspecified atom stereocenters. The van der Waals surface area contributed by atoms with Gasteiger partial charge >= 0.3 is 5.97 Å². The third kappa shape index (κ3) is 6.07. The normalized spacial score (nSPS) is 8.91. The molecule has 0 fully saturated rings. The first-order valence-electron chi connectivity index (χ1n) is 7.99. The molecule has 2 aromatic carbocycles. The van der Waals surface area contributed by atoms with Crippen molar-refractivity contribution in [2.24, 2.45) is 0 Å². The third-order valence-electron chi connectivity index (χ3n) is 3.03. The van der Waals surface area contributed by atoms with Gasteiger partial charge in [0.1, 0.15) is 0 Å². The molecule has 23 heavy (non-hydrogen) atoms. The highest BCUT2D eigenvalue weighted by Gasteiger charge is 2.12. The number of carboxylic acids is 1. The Bertz CT molecular complexity index is 575. The Morgan fingerprint density at radius 1 is 0.783 bits per heavy atom. The maximum absolute atomic E-state index is 11.6. The van der Waals surface area contributed by atoms with Gasteiger partial charge in [-0.25, -0.2) is 4.79 Å². The smallest absolute Gasteiger partial charge is 0.335 e. The van der Waals surface area contributed by atoms with Crippen molar-refractivity contribution < 1.29 is 14.7 Å². The highest BCUT2D eigenvalue weighted by Crippen LogP contribution is 2.18. The van der Waals surface area contributed by atoms with Crippen molar-refractivity contribution in [3.63, 3.8) is 0 Å². The molecule has 3 heteroatoms. The Balaban J connectivity index is 0.00000112. The van der Waals surface area contributed by atoms with Crippen LogP contribution in [0, 0.1) is 0 Å². The van der Waals surface area contributed by atoms with Crippen molar-refractivity contribution in [2.75, 3.05) is 0 Å². The monoisotopic (exact) mass is 314 g/mol. The summed E-state index contributed by atoms with van der Waals surface area (Å²) in [7, 11) is 0. The summed E-state index contributed by atoms with van der Waals surface area (Å²) >= 11 is 0. The van der Waals surface area contributed by atoms with Crippen LogP contribution >= 0.6 is 0 Å². The molecule has 0 aliphatic carbocycles. The zero-order chi connectivity index (χ0) is 17.8. The topological polar surface area (TPSA) is 54.4 Å². The highest BCUT2D eigenvalue weighted by molar-refractivity contribution is 5.96. The number of carbonyl (C=O) groups is 2. The van der Waals surface area contributed by atoms with E-state index in [4.69, 9.17) is 5.11 Å². The number of hydrogen-bond acceptors (Lipinski definition) is 2. The average Bonchev–Trinajstić information content (AvgIpc) is 2.59. The van der Waals surface area contributed by atoms with Crippen molar-refractivity contribution in [2.45, 2.75) is 41.0 Å². The summed E-state index contributed by atoms with van der Waals surface area (Å²) in [6, 6.07) is 14.1. The molecular weight excluding hydrogens is 288 g/mol. The van der Waals surface area contributed by atoms with Crippen molar-refractivity contribution in [3.05, 3.63) is 70.8 Å². The number of rotatable bonds is 4. The lowest BCUT2D eigenvalue weighted by molar-refractivity contribution is 0.0695. The Morgan fingerprint density at radius 2 is 1.17 bits per heavy atom. The molecule has 0 saturated heterocycles. The van der Waals surface area contributed by atoms with Gasteiger partial charge in [-0.1, -0.05) is 70.2 Å². The van der Waals surface area contributed by atoms with Gasteiger partial charge in [-0.2, -0.15) is 0 Å². The molecule has 1 N–H and O–H groups in total. The molecule has 3 nitrogen and oxygen atoms in total. The minimum atomic E-state index is -0.948. The second-order valence-electron chi connectivity index (χ2n) is 4.35. The summed E-state index contributed by atoms with van der Waals surface area (Å²) in [5, 5.41) is 9.16. The van der Waals surface area contributed by atoms with Crippen molar-refractivity contribution >= 4 is 11.8 Å². The number of aromatic carboxylic acids is 1. The van der Waals surface area contributed by atoms with E-state index in [9.17, 15) is 9.59 Å². The van der Waals surface area contributed by atoms with Gasteiger partial charge in [0.2, 0.25) is 0 Å². The number of hydrogen-bond donors (Lipinski definition) is 1. The molecule has 0 spiro atoms. The van der Waals surface area contributed by atoms with Crippen LogP contribution in [0.3, 0.4) is 0 Å². The number of carboxylic acid groups (broad SMARTS) is 1. The van der Waals surface area contributed by atoms with Gasteiger partial charge in [0.05, 0.1) is 5.56 Å². The molecule has 0 aromatic heterocycles. The van der Waals surface area contributed by atoms with Gasteiger partial charge in [-0.15, -0.1) is 0 Å². The van der Waals surface area contributed by atoms with Crippen LogP contribution < -0.4 is 0 Å². The summed E-state index contributed by atoms with van der Waals surface area (Å²) in [6.07, 6.45) is 0.443. The van der Waals surface area contributed by atoms with Crippen molar-refractivity contribution in [1.82, 2.24) is 0 Å². The van der Waals surface area contributed by atoms with Gasteiger partial charge in [0.15, 0.2) is 5.78 Å². The van der Waals surface area contributed by atoms with E-state index < -0.39 is 5.97 Å². The summed E-state index contributed by atoms with van der Waals surface area (Å²) in [6.45, 7) is 9.52. The molecule has 124 valence electrons. The minimum absolute atomic E-state index is 0.0107. The van der Waals surface area contributed by atoms with E-state index in [2.05, 4.69) is 0 Å². The van der Waals surface area contributed by atoms with Crippen LogP contribution in [0.15, 0.2) is 48.5 Å². The second kappa shape index (κ2) is 11.2. The van der Waals surface area contributed by atoms with Crippen LogP contribution in [0.25, 0.3) is 0 Å². The number of benzene rings is 2. The molecule has 0 aliphatic rings. The molecule has 0 heterocycles. The summed E-state index contributed by atoms with van der Waals surface area (Å²) < 4.78 is 0. The predicted molar refractivity (Wildman–Crippen MR) is 95.3 cm³/mol. The summed E-state index contributed by atoms with van der Waals surface area (Å²) in [5.41, 5.74) is 2.48. The molecule has 2 rings (SSSR count). The third-order valence-corrected chi connectivity index (χ3v) is 3.03. The number of carbonyl (C=O) groups excluding carboxylic acids is 1. The van der Waals surface area contributed by atoms with Crippen LogP contribution in [0.4, 0.5) is 0 Å². The number of Topliss-reactive ketones (excluding diaryl/α,β-unsaturated/α-hetero) is 1. The van der Waals surface area contributed by atoms with E-state index in [1.165, 1.54) is 6.92 Å². The lowest BCUT2D eigenvalue weighted by Gasteiger charge is -2.09. The molecule has 0 amide bonds. The Kier molecular flexibility index (Phi) is 10.0. The average molecular weight is 314 g/mol. The molecule has 0 aliphatic heterocycles. The zero-order valence-electron chi connectivity index (χ0n) is 14.6. The van der Waals surface area contributed by atoms with Crippen molar-refractivity contribution in [3.8, 4) is 0 Å². The quantitative estimate of drug-likeness (QED) is 0.786. The van der Waals surface area contributed by atoms with Crippen LogP contribution in [0.2, 0.25) is 0 Å². The lowest BCUT2D eigenvalue weighted by Crippen LogP contribution is -2.05. The zero-order valence-corrected chi connectivity index (χ0v) is 14.6. The van der Waals surface area contributed by atoms with Gasteiger partial charge in [-0.05, 0) is 30.5 Å². The van der Waals surface area contributed by atoms with Crippen LogP contribution in [-0.4, -0.2) is 16.9 Å². The Hall–Kier alpha value is -2.42. The lowest BCUT2D eigenvalue weighted by atomic mass is 9.95. The maximum Gasteiger partial charge on any atom is 0.335 e. The molecular formula is C20H26O3. The molecule has 0 atom stereocenters. The van der Waals surface area contributed by atoms with E-state index in [-0.39, 0.29) is 11.3 Å². The fraction of sp³-hybridized carbons (Fsp3) is 0.300. The SMILES string of the molecule is CC.CC.CC(=O)c1ccccc1Cc1ccccc1C(=O)O. The fourth-order valence-electron chi connectivity index (χ4n) is 2.11. The molecule has 0 bridgehead atoms. The Morgan fingerprint density at radius 3 is 1.61 bits per heavy atom. The molecule has 2 aromatic rings. The van der Waals surface area contributed by atoms with Gasteiger partial charge in [0.25, 0.3) is 0 Å². The van der Waals surface area contributed by atoms with E-state index in [0.29, 0.717) is 17.5 Å². The predicted octanol–water partition coefficient (Wildman–Crippen LogP) is 5.23.